The number of rotatable bonds is 2. The zero-order valence-electron chi connectivity index (χ0n) is 9.61. The molecule has 0 saturated carbocycles. The summed E-state index contributed by atoms with van der Waals surface area (Å²) in [6.45, 7) is 6.21. The van der Waals surface area contributed by atoms with Gasteiger partial charge in [-0.3, -0.25) is 0 Å². The van der Waals surface area contributed by atoms with Crippen LogP contribution in [0, 0.1) is 6.92 Å². The van der Waals surface area contributed by atoms with Crippen molar-refractivity contribution < 1.29 is 0 Å². The first-order chi connectivity index (χ1) is 7.59. The number of halogens is 1. The molecule has 84 valence electrons. The van der Waals surface area contributed by atoms with E-state index >= 15 is 0 Å². The van der Waals surface area contributed by atoms with Crippen molar-refractivity contribution in [2.75, 3.05) is 0 Å². The van der Waals surface area contributed by atoms with Gasteiger partial charge in [-0.1, -0.05) is 11.6 Å². The Bertz CT molecular complexity index is 503. The van der Waals surface area contributed by atoms with E-state index in [9.17, 15) is 0 Å². The third kappa shape index (κ3) is 1.95. The van der Waals surface area contributed by atoms with Crippen molar-refractivity contribution in [3.63, 3.8) is 0 Å². The highest BCUT2D eigenvalue weighted by molar-refractivity contribution is 6.30. The van der Waals surface area contributed by atoms with E-state index in [1.165, 1.54) is 0 Å². The summed E-state index contributed by atoms with van der Waals surface area (Å²) in [5.41, 5.74) is 3.10. The summed E-state index contributed by atoms with van der Waals surface area (Å²) in [5.74, 6) is 0. The molecule has 0 atom stereocenters. The minimum absolute atomic E-state index is 0.383. The molecule has 2 heterocycles. The number of aryl methyl sites for hydroxylation is 1. The van der Waals surface area contributed by atoms with Crippen LogP contribution in [0.2, 0.25) is 5.15 Å². The Labute approximate surface area is 100 Å². The summed E-state index contributed by atoms with van der Waals surface area (Å²) < 4.78 is 2.12. The molecule has 0 aliphatic carbocycles. The number of hydrogen-bond acceptors (Lipinski definition) is 2. The molecule has 0 aliphatic rings. The molecule has 4 heteroatoms. The fourth-order valence-corrected chi connectivity index (χ4v) is 1.74. The van der Waals surface area contributed by atoms with E-state index in [1.807, 2.05) is 25.5 Å². The second-order valence-electron chi connectivity index (χ2n) is 4.11. The quantitative estimate of drug-likeness (QED) is 0.746. The van der Waals surface area contributed by atoms with Gasteiger partial charge < -0.3 is 4.57 Å². The van der Waals surface area contributed by atoms with Crippen molar-refractivity contribution in [1.82, 2.24) is 14.5 Å². The van der Waals surface area contributed by atoms with Crippen LogP contribution in [0.1, 0.15) is 25.5 Å². The molecule has 0 unspecified atom stereocenters. The zero-order valence-corrected chi connectivity index (χ0v) is 10.4. The molecule has 0 bridgehead atoms. The summed E-state index contributed by atoms with van der Waals surface area (Å²) in [6, 6.07) is 2.42. The summed E-state index contributed by atoms with van der Waals surface area (Å²) in [7, 11) is 0. The van der Waals surface area contributed by atoms with Gasteiger partial charge in [-0.05, 0) is 32.4 Å². The Morgan fingerprint density at radius 1 is 1.31 bits per heavy atom. The second kappa shape index (κ2) is 4.26. The maximum Gasteiger partial charge on any atom is 0.131 e. The van der Waals surface area contributed by atoms with Crippen LogP contribution in [0.4, 0.5) is 0 Å². The Morgan fingerprint density at radius 2 is 2.06 bits per heavy atom. The van der Waals surface area contributed by atoms with Crippen molar-refractivity contribution in [3.05, 3.63) is 35.5 Å². The summed E-state index contributed by atoms with van der Waals surface area (Å²) in [4.78, 5) is 8.33. The van der Waals surface area contributed by atoms with Crippen LogP contribution in [0.25, 0.3) is 11.3 Å². The number of aromatic nitrogens is 3. The van der Waals surface area contributed by atoms with Crippen molar-refractivity contribution in [2.24, 2.45) is 0 Å². The topological polar surface area (TPSA) is 30.7 Å². The molecular formula is C12H14ClN3. The predicted octanol–water partition coefficient (Wildman–Crippen LogP) is 3.49. The first-order valence-corrected chi connectivity index (χ1v) is 5.61. The van der Waals surface area contributed by atoms with E-state index < -0.39 is 0 Å². The molecule has 0 amide bonds. The van der Waals surface area contributed by atoms with Crippen LogP contribution in [-0.2, 0) is 0 Å². The zero-order chi connectivity index (χ0) is 11.7. The predicted molar refractivity (Wildman–Crippen MR) is 65.6 cm³/mol. The largest absolute Gasteiger partial charge is 0.328 e. The van der Waals surface area contributed by atoms with E-state index in [0.717, 1.165) is 16.8 Å². The molecule has 0 radical (unpaired) electrons. The van der Waals surface area contributed by atoms with E-state index in [4.69, 9.17) is 11.6 Å². The molecule has 2 rings (SSSR count). The molecule has 0 N–H and O–H groups in total. The average molecular weight is 236 g/mol. The molecule has 3 nitrogen and oxygen atoms in total. The van der Waals surface area contributed by atoms with Crippen LogP contribution in [-0.4, -0.2) is 14.5 Å². The third-order valence-electron chi connectivity index (χ3n) is 2.53. The van der Waals surface area contributed by atoms with E-state index in [0.29, 0.717) is 11.2 Å². The van der Waals surface area contributed by atoms with Crippen molar-refractivity contribution in [1.29, 1.82) is 0 Å². The van der Waals surface area contributed by atoms with Crippen molar-refractivity contribution in [3.8, 4) is 11.3 Å². The lowest BCUT2D eigenvalue weighted by Crippen LogP contribution is -2.01. The summed E-state index contributed by atoms with van der Waals surface area (Å²) in [6.07, 6.45) is 5.47. The summed E-state index contributed by atoms with van der Waals surface area (Å²) in [5, 5.41) is 0.555. The molecule has 0 fully saturated rings. The smallest absolute Gasteiger partial charge is 0.131 e. The van der Waals surface area contributed by atoms with E-state index in [-0.39, 0.29) is 0 Å². The lowest BCUT2D eigenvalue weighted by atomic mass is 10.1. The standard InChI is InChI=1S/C12H14ClN3/c1-8(2)16-7-14-6-11(16)10-4-9(3)12(13)15-5-10/h4-8H,1-3H3. The lowest BCUT2D eigenvalue weighted by molar-refractivity contribution is 0.605. The van der Waals surface area contributed by atoms with Crippen LogP contribution in [0.5, 0.6) is 0 Å². The van der Waals surface area contributed by atoms with Gasteiger partial charge in [0.05, 0.1) is 18.2 Å². The number of nitrogens with zero attached hydrogens (tertiary/aromatic N) is 3. The van der Waals surface area contributed by atoms with Gasteiger partial charge in [0.25, 0.3) is 0 Å². The molecule has 0 aromatic carbocycles. The molecule has 2 aromatic rings. The Hall–Kier alpha value is -1.35. The highest BCUT2D eigenvalue weighted by Gasteiger charge is 2.09. The Balaban J connectivity index is 2.50. The Kier molecular flexibility index (Phi) is 2.97. The van der Waals surface area contributed by atoms with Gasteiger partial charge in [-0.15, -0.1) is 0 Å². The van der Waals surface area contributed by atoms with Gasteiger partial charge in [0.15, 0.2) is 0 Å². The molecule has 2 aromatic heterocycles. The lowest BCUT2D eigenvalue weighted by Gasteiger charge is -2.12. The number of pyridine rings is 1. The molecule has 16 heavy (non-hydrogen) atoms. The highest BCUT2D eigenvalue weighted by Crippen LogP contribution is 2.24. The third-order valence-corrected chi connectivity index (χ3v) is 2.93. The van der Waals surface area contributed by atoms with Gasteiger partial charge in [0.1, 0.15) is 5.15 Å². The minimum Gasteiger partial charge on any atom is -0.328 e. The number of imidazole rings is 1. The fourth-order valence-electron chi connectivity index (χ4n) is 1.64. The van der Waals surface area contributed by atoms with Gasteiger partial charge in [-0.25, -0.2) is 9.97 Å². The maximum atomic E-state index is 5.91. The second-order valence-corrected chi connectivity index (χ2v) is 4.47. The molecular weight excluding hydrogens is 222 g/mol. The first kappa shape index (κ1) is 11.1. The SMILES string of the molecule is Cc1cc(-c2cncn2C(C)C)cnc1Cl. The van der Waals surface area contributed by atoms with Gasteiger partial charge in [0, 0.05) is 17.8 Å². The highest BCUT2D eigenvalue weighted by atomic mass is 35.5. The first-order valence-electron chi connectivity index (χ1n) is 5.24. The van der Waals surface area contributed by atoms with Crippen LogP contribution in [0.3, 0.4) is 0 Å². The van der Waals surface area contributed by atoms with Crippen molar-refractivity contribution in [2.45, 2.75) is 26.8 Å². The minimum atomic E-state index is 0.383. The maximum absolute atomic E-state index is 5.91. The molecule has 0 spiro atoms. The Morgan fingerprint density at radius 3 is 2.69 bits per heavy atom. The van der Waals surface area contributed by atoms with Crippen LogP contribution >= 0.6 is 11.6 Å². The average Bonchev–Trinajstić information content (AvgIpc) is 2.71. The fraction of sp³-hybridized carbons (Fsp3) is 0.333. The van der Waals surface area contributed by atoms with E-state index in [2.05, 4.69) is 28.4 Å². The van der Waals surface area contributed by atoms with Gasteiger partial charge in [-0.2, -0.15) is 0 Å². The van der Waals surface area contributed by atoms with Gasteiger partial charge >= 0.3 is 0 Å². The molecule has 0 aliphatic heterocycles. The van der Waals surface area contributed by atoms with Gasteiger partial charge in [0.2, 0.25) is 0 Å². The van der Waals surface area contributed by atoms with E-state index in [1.54, 1.807) is 6.20 Å². The van der Waals surface area contributed by atoms with Crippen LogP contribution in [0.15, 0.2) is 24.8 Å². The monoisotopic (exact) mass is 235 g/mol. The van der Waals surface area contributed by atoms with Crippen LogP contribution < -0.4 is 0 Å². The summed E-state index contributed by atoms with van der Waals surface area (Å²) >= 11 is 5.91. The normalized spacial score (nSPS) is 11.1. The number of hydrogen-bond donors (Lipinski definition) is 0. The molecule has 0 saturated heterocycles. The van der Waals surface area contributed by atoms with Crippen molar-refractivity contribution >= 4 is 11.6 Å².